The van der Waals surface area contributed by atoms with Gasteiger partial charge in [-0.05, 0) is 54.4 Å². The van der Waals surface area contributed by atoms with E-state index in [9.17, 15) is 4.39 Å². The zero-order chi connectivity index (χ0) is 15.4. The quantitative estimate of drug-likeness (QED) is 0.661. The minimum absolute atomic E-state index is 0.242. The smallest absolute Gasteiger partial charge is 0.123 e. The maximum Gasteiger partial charge on any atom is 0.123 e. The summed E-state index contributed by atoms with van der Waals surface area (Å²) in [7, 11) is 0. The molecule has 1 unspecified atom stereocenters. The average molecular weight is 391 g/mol. The highest BCUT2D eigenvalue weighted by atomic mass is 79.9. The molecule has 1 N–H and O–H groups in total. The number of halogens is 4. The van der Waals surface area contributed by atoms with Gasteiger partial charge >= 0.3 is 0 Å². The van der Waals surface area contributed by atoms with Crippen LogP contribution < -0.4 is 5.32 Å². The van der Waals surface area contributed by atoms with Gasteiger partial charge in [0.25, 0.3) is 0 Å². The average Bonchev–Trinajstić information content (AvgIpc) is 2.44. The second-order valence-electron chi connectivity index (χ2n) is 4.72. The van der Waals surface area contributed by atoms with E-state index in [0.717, 1.165) is 23.0 Å². The van der Waals surface area contributed by atoms with Gasteiger partial charge in [0.05, 0.1) is 6.04 Å². The van der Waals surface area contributed by atoms with Gasteiger partial charge in [0, 0.05) is 14.5 Å². The summed E-state index contributed by atoms with van der Waals surface area (Å²) >= 11 is 16.0. The SMILES string of the molecule is CCCNC(c1ccc(Br)cc1Cl)c1cc(F)ccc1Cl. The number of rotatable bonds is 5. The van der Waals surface area contributed by atoms with Crippen LogP contribution in [0.4, 0.5) is 4.39 Å². The van der Waals surface area contributed by atoms with Crippen molar-refractivity contribution in [3.05, 3.63) is 67.9 Å². The van der Waals surface area contributed by atoms with E-state index < -0.39 is 0 Å². The summed E-state index contributed by atoms with van der Waals surface area (Å²) in [5.74, 6) is -0.314. The predicted octanol–water partition coefficient (Wildman–Crippen LogP) is 5.98. The van der Waals surface area contributed by atoms with Crippen LogP contribution in [-0.4, -0.2) is 6.54 Å². The minimum Gasteiger partial charge on any atom is -0.306 e. The van der Waals surface area contributed by atoms with E-state index in [1.807, 2.05) is 18.2 Å². The number of hydrogen-bond donors (Lipinski definition) is 1. The standard InChI is InChI=1S/C16H15BrCl2FN/c1-2-7-21-16(12-5-3-10(17)8-15(12)19)13-9-11(20)4-6-14(13)18/h3-6,8-9,16,21H,2,7H2,1H3. The Hall–Kier alpha value is -0.610. The van der Waals surface area contributed by atoms with Gasteiger partial charge in [-0.25, -0.2) is 4.39 Å². The van der Waals surface area contributed by atoms with Crippen LogP contribution in [0.25, 0.3) is 0 Å². The van der Waals surface area contributed by atoms with Crippen LogP contribution in [0.5, 0.6) is 0 Å². The molecule has 5 heteroatoms. The lowest BCUT2D eigenvalue weighted by Gasteiger charge is -2.22. The van der Waals surface area contributed by atoms with Crippen LogP contribution in [0.1, 0.15) is 30.5 Å². The molecule has 1 nitrogen and oxygen atoms in total. The topological polar surface area (TPSA) is 12.0 Å². The van der Waals surface area contributed by atoms with Crippen molar-refractivity contribution in [1.82, 2.24) is 5.32 Å². The Morgan fingerprint density at radius 3 is 2.52 bits per heavy atom. The molecule has 21 heavy (non-hydrogen) atoms. The molecular formula is C16H15BrCl2FN. The molecule has 0 radical (unpaired) electrons. The predicted molar refractivity (Wildman–Crippen MR) is 90.7 cm³/mol. The maximum absolute atomic E-state index is 13.6. The van der Waals surface area contributed by atoms with Crippen molar-refractivity contribution in [3.8, 4) is 0 Å². The van der Waals surface area contributed by atoms with E-state index >= 15 is 0 Å². The molecule has 0 saturated carbocycles. The van der Waals surface area contributed by atoms with Crippen LogP contribution in [0.15, 0.2) is 40.9 Å². The molecule has 2 aromatic rings. The molecule has 112 valence electrons. The van der Waals surface area contributed by atoms with Crippen LogP contribution in [0, 0.1) is 5.82 Å². The molecule has 2 rings (SSSR count). The van der Waals surface area contributed by atoms with Crippen molar-refractivity contribution in [1.29, 1.82) is 0 Å². The van der Waals surface area contributed by atoms with Gasteiger partial charge in [-0.2, -0.15) is 0 Å². The monoisotopic (exact) mass is 389 g/mol. The summed E-state index contributed by atoms with van der Waals surface area (Å²) < 4.78 is 14.5. The van der Waals surface area contributed by atoms with E-state index in [2.05, 4.69) is 28.2 Å². The van der Waals surface area contributed by atoms with Gasteiger partial charge < -0.3 is 5.32 Å². The summed E-state index contributed by atoms with van der Waals surface area (Å²) in [4.78, 5) is 0. The summed E-state index contributed by atoms with van der Waals surface area (Å²) in [6, 6.07) is 9.79. The molecule has 0 bridgehead atoms. The highest BCUT2D eigenvalue weighted by molar-refractivity contribution is 9.10. The Morgan fingerprint density at radius 2 is 1.86 bits per heavy atom. The number of hydrogen-bond acceptors (Lipinski definition) is 1. The Kier molecular flexibility index (Phi) is 6.06. The highest BCUT2D eigenvalue weighted by Gasteiger charge is 2.19. The minimum atomic E-state index is -0.314. The van der Waals surface area contributed by atoms with E-state index in [0.29, 0.717) is 15.6 Å². The summed E-state index contributed by atoms with van der Waals surface area (Å²) in [5, 5.41) is 4.51. The first-order valence-corrected chi connectivity index (χ1v) is 8.21. The first-order valence-electron chi connectivity index (χ1n) is 6.66. The lowest BCUT2D eigenvalue weighted by atomic mass is 9.98. The zero-order valence-corrected chi connectivity index (χ0v) is 14.6. The zero-order valence-electron chi connectivity index (χ0n) is 11.5. The van der Waals surface area contributed by atoms with Crippen molar-refractivity contribution in [3.63, 3.8) is 0 Å². The summed E-state index contributed by atoms with van der Waals surface area (Å²) in [6.07, 6.45) is 0.956. The number of benzene rings is 2. The third kappa shape index (κ3) is 4.19. The molecule has 0 aromatic heterocycles. The molecule has 0 aliphatic heterocycles. The molecular weight excluding hydrogens is 376 g/mol. The summed E-state index contributed by atoms with van der Waals surface area (Å²) in [6.45, 7) is 2.85. The molecule has 1 atom stereocenters. The second kappa shape index (κ2) is 7.59. The third-order valence-corrected chi connectivity index (χ3v) is 4.31. The molecule has 0 amide bonds. The number of nitrogens with one attached hydrogen (secondary N) is 1. The highest BCUT2D eigenvalue weighted by Crippen LogP contribution is 2.34. The lowest BCUT2D eigenvalue weighted by Crippen LogP contribution is -2.24. The molecule has 0 aliphatic carbocycles. The van der Waals surface area contributed by atoms with E-state index in [1.54, 1.807) is 6.07 Å². The van der Waals surface area contributed by atoms with Gasteiger partial charge in [0.2, 0.25) is 0 Å². The van der Waals surface area contributed by atoms with Gasteiger partial charge in [0.15, 0.2) is 0 Å². The Labute approximate surface area is 142 Å². The fourth-order valence-electron chi connectivity index (χ4n) is 2.15. The van der Waals surface area contributed by atoms with Crippen molar-refractivity contribution >= 4 is 39.1 Å². The first-order chi connectivity index (χ1) is 10.0. The molecule has 0 heterocycles. The normalized spacial score (nSPS) is 12.4. The Bertz CT molecular complexity index is 634. The van der Waals surface area contributed by atoms with Gasteiger partial charge in [-0.15, -0.1) is 0 Å². The molecule has 0 aliphatic rings. The second-order valence-corrected chi connectivity index (χ2v) is 6.45. The van der Waals surface area contributed by atoms with Crippen LogP contribution >= 0.6 is 39.1 Å². The van der Waals surface area contributed by atoms with Crippen LogP contribution in [-0.2, 0) is 0 Å². The van der Waals surface area contributed by atoms with Gasteiger partial charge in [-0.3, -0.25) is 0 Å². The van der Waals surface area contributed by atoms with Gasteiger partial charge in [-0.1, -0.05) is 52.1 Å². The van der Waals surface area contributed by atoms with E-state index in [-0.39, 0.29) is 11.9 Å². The Balaban J connectivity index is 2.49. The molecule has 0 fully saturated rings. The van der Waals surface area contributed by atoms with Crippen molar-refractivity contribution in [2.24, 2.45) is 0 Å². The first kappa shape index (κ1) is 16.8. The largest absolute Gasteiger partial charge is 0.306 e. The van der Waals surface area contributed by atoms with Crippen LogP contribution in [0.2, 0.25) is 10.0 Å². The van der Waals surface area contributed by atoms with Crippen LogP contribution in [0.3, 0.4) is 0 Å². The van der Waals surface area contributed by atoms with Crippen molar-refractivity contribution in [2.45, 2.75) is 19.4 Å². The Morgan fingerprint density at radius 1 is 1.10 bits per heavy atom. The van der Waals surface area contributed by atoms with E-state index in [4.69, 9.17) is 23.2 Å². The third-order valence-electron chi connectivity index (χ3n) is 3.14. The lowest BCUT2D eigenvalue weighted by molar-refractivity contribution is 0.586. The molecule has 0 saturated heterocycles. The van der Waals surface area contributed by atoms with Gasteiger partial charge in [0.1, 0.15) is 5.82 Å². The molecule has 2 aromatic carbocycles. The maximum atomic E-state index is 13.6. The summed E-state index contributed by atoms with van der Waals surface area (Å²) in [5.41, 5.74) is 1.56. The van der Waals surface area contributed by atoms with E-state index in [1.165, 1.54) is 12.1 Å². The van der Waals surface area contributed by atoms with Crippen molar-refractivity contribution < 1.29 is 4.39 Å². The fourth-order valence-corrected chi connectivity index (χ4v) is 3.16. The fraction of sp³-hybridized carbons (Fsp3) is 0.250. The molecule has 0 spiro atoms. The van der Waals surface area contributed by atoms with Crippen molar-refractivity contribution in [2.75, 3.05) is 6.54 Å².